The smallest absolute Gasteiger partial charge is 0.304 e. The zero-order valence-electron chi connectivity index (χ0n) is 22.3. The molecule has 6 heteroatoms. The molecule has 1 aliphatic carbocycles. The lowest BCUT2D eigenvalue weighted by Gasteiger charge is -2.54. The van der Waals surface area contributed by atoms with Gasteiger partial charge < -0.3 is 23.7 Å². The van der Waals surface area contributed by atoms with Crippen molar-refractivity contribution in [3.8, 4) is 11.8 Å². The molecule has 0 aromatic heterocycles. The van der Waals surface area contributed by atoms with Crippen LogP contribution in [-0.4, -0.2) is 36.9 Å². The van der Waals surface area contributed by atoms with Gasteiger partial charge in [0.1, 0.15) is 25.3 Å². The Balaban J connectivity index is 1.84. The summed E-state index contributed by atoms with van der Waals surface area (Å²) in [7, 11) is 0. The molecule has 1 fully saturated rings. The highest BCUT2D eigenvalue weighted by Gasteiger charge is 2.64. The summed E-state index contributed by atoms with van der Waals surface area (Å²) in [6, 6.07) is 19.7. The second-order valence-electron chi connectivity index (χ2n) is 9.46. The van der Waals surface area contributed by atoms with Crippen molar-refractivity contribution >= 4 is 5.97 Å². The van der Waals surface area contributed by atoms with E-state index in [2.05, 4.69) is 25.3 Å². The van der Waals surface area contributed by atoms with Crippen LogP contribution in [0.2, 0.25) is 0 Å². The number of rotatable bonds is 12. The summed E-state index contributed by atoms with van der Waals surface area (Å²) in [5.41, 5.74) is 0.199. The Kier molecular flexibility index (Phi) is 10.5. The number of carbonyl (C=O) groups is 1. The average molecular weight is 507 g/mol. The molecule has 198 valence electrons. The minimum absolute atomic E-state index is 0.00902. The van der Waals surface area contributed by atoms with Gasteiger partial charge in [0, 0.05) is 6.92 Å². The highest BCUT2D eigenvalue weighted by Crippen LogP contribution is 2.50. The maximum Gasteiger partial charge on any atom is 0.304 e. The van der Waals surface area contributed by atoms with E-state index in [0.717, 1.165) is 17.5 Å². The first-order chi connectivity index (χ1) is 17.8. The molecule has 4 atom stereocenters. The molecule has 0 amide bonds. The first-order valence-electron chi connectivity index (χ1n) is 12.6. The molecule has 0 saturated heterocycles. The fraction of sp³-hybridized carbons (Fsp3) is 0.452. The molecule has 1 aliphatic rings. The van der Waals surface area contributed by atoms with E-state index in [0.29, 0.717) is 25.2 Å². The van der Waals surface area contributed by atoms with Crippen LogP contribution in [0.3, 0.4) is 0 Å². The van der Waals surface area contributed by atoms with Crippen molar-refractivity contribution in [3.05, 3.63) is 83.9 Å². The maximum absolute atomic E-state index is 12.5. The molecule has 37 heavy (non-hydrogen) atoms. The molecule has 0 heterocycles. The predicted octanol–water partition coefficient (Wildman–Crippen LogP) is 5.81. The van der Waals surface area contributed by atoms with Crippen molar-refractivity contribution in [2.75, 3.05) is 13.6 Å². The monoisotopic (exact) mass is 506 g/mol. The molecule has 6 nitrogen and oxygen atoms in total. The van der Waals surface area contributed by atoms with Crippen LogP contribution in [0.4, 0.5) is 0 Å². The van der Waals surface area contributed by atoms with E-state index in [-0.39, 0.29) is 19.5 Å². The Labute approximate surface area is 220 Å². The molecule has 2 aromatic rings. The number of benzene rings is 2. The van der Waals surface area contributed by atoms with Crippen LogP contribution in [0.15, 0.2) is 72.8 Å². The molecule has 0 bridgehead atoms. The van der Waals surface area contributed by atoms with E-state index >= 15 is 0 Å². The molecular weight excluding hydrogens is 468 g/mol. The number of ether oxygens (including phenoxy) is 5. The zero-order valence-corrected chi connectivity index (χ0v) is 22.3. The molecular formula is C31H38O6. The highest BCUT2D eigenvalue weighted by atomic mass is 16.7. The van der Waals surface area contributed by atoms with Crippen molar-refractivity contribution in [1.82, 2.24) is 0 Å². The minimum atomic E-state index is -1.43. The molecule has 0 radical (unpaired) electrons. The first-order valence-corrected chi connectivity index (χ1v) is 12.6. The van der Waals surface area contributed by atoms with Gasteiger partial charge in [-0.1, -0.05) is 74.2 Å². The van der Waals surface area contributed by atoms with Crippen molar-refractivity contribution < 1.29 is 28.5 Å². The molecule has 3 unspecified atom stereocenters. The SMILES string of the molecule is C=C(C)[C@@]1(OCOCc2ccccc2)CCC(C)C(OCOCc2ccccc2)C1(C#CC)OC(C)=O. The third-order valence-electron chi connectivity index (χ3n) is 6.72. The van der Waals surface area contributed by atoms with Crippen LogP contribution in [-0.2, 0) is 41.7 Å². The van der Waals surface area contributed by atoms with Gasteiger partial charge in [-0.15, -0.1) is 5.92 Å². The molecule has 2 aromatic carbocycles. The van der Waals surface area contributed by atoms with Crippen LogP contribution in [0.5, 0.6) is 0 Å². The second-order valence-corrected chi connectivity index (χ2v) is 9.46. The van der Waals surface area contributed by atoms with Crippen LogP contribution in [0, 0.1) is 17.8 Å². The Bertz CT molecular complexity index is 1070. The number of hydrogen-bond acceptors (Lipinski definition) is 6. The van der Waals surface area contributed by atoms with Gasteiger partial charge in [-0.25, -0.2) is 0 Å². The van der Waals surface area contributed by atoms with Crippen molar-refractivity contribution in [1.29, 1.82) is 0 Å². The number of esters is 1. The van der Waals surface area contributed by atoms with Gasteiger partial charge in [0.15, 0.2) is 0 Å². The van der Waals surface area contributed by atoms with E-state index in [4.69, 9.17) is 23.7 Å². The van der Waals surface area contributed by atoms with E-state index in [1.807, 2.05) is 67.6 Å². The van der Waals surface area contributed by atoms with Crippen LogP contribution in [0.25, 0.3) is 0 Å². The predicted molar refractivity (Wildman–Crippen MR) is 142 cm³/mol. The van der Waals surface area contributed by atoms with Crippen LogP contribution < -0.4 is 0 Å². The van der Waals surface area contributed by atoms with Gasteiger partial charge in [-0.3, -0.25) is 4.79 Å². The molecule has 0 aliphatic heterocycles. The Morgan fingerprint density at radius 1 is 0.973 bits per heavy atom. The van der Waals surface area contributed by atoms with Gasteiger partial charge in [0.05, 0.1) is 13.2 Å². The third-order valence-corrected chi connectivity index (χ3v) is 6.72. The quantitative estimate of drug-likeness (QED) is 0.119. The summed E-state index contributed by atoms with van der Waals surface area (Å²) in [6.07, 6.45) is 0.688. The van der Waals surface area contributed by atoms with E-state index in [9.17, 15) is 4.79 Å². The third kappa shape index (κ3) is 6.88. The summed E-state index contributed by atoms with van der Waals surface area (Å²) < 4.78 is 30.5. The molecule has 1 saturated carbocycles. The number of carbonyl (C=O) groups excluding carboxylic acids is 1. The van der Waals surface area contributed by atoms with Gasteiger partial charge in [-0.2, -0.15) is 0 Å². The van der Waals surface area contributed by atoms with Gasteiger partial charge in [0.25, 0.3) is 0 Å². The highest BCUT2D eigenvalue weighted by molar-refractivity contribution is 5.68. The lowest BCUT2D eigenvalue weighted by molar-refractivity contribution is -0.271. The van der Waals surface area contributed by atoms with Crippen LogP contribution >= 0.6 is 0 Å². The van der Waals surface area contributed by atoms with Gasteiger partial charge in [-0.05, 0) is 55.2 Å². The minimum Gasteiger partial charge on any atom is -0.440 e. The summed E-state index contributed by atoms with van der Waals surface area (Å²) >= 11 is 0. The fourth-order valence-electron chi connectivity index (χ4n) is 4.99. The lowest BCUT2D eigenvalue weighted by atomic mass is 9.63. The summed E-state index contributed by atoms with van der Waals surface area (Å²) in [4.78, 5) is 12.5. The Morgan fingerprint density at radius 2 is 1.54 bits per heavy atom. The topological polar surface area (TPSA) is 63.2 Å². The Hall–Kier alpha value is -2.95. The summed E-state index contributed by atoms with van der Waals surface area (Å²) in [5, 5.41) is 0. The normalized spacial score (nSPS) is 25.1. The van der Waals surface area contributed by atoms with E-state index < -0.39 is 23.3 Å². The van der Waals surface area contributed by atoms with Crippen LogP contribution in [0.1, 0.15) is 51.7 Å². The fourth-order valence-corrected chi connectivity index (χ4v) is 4.99. The lowest BCUT2D eigenvalue weighted by Crippen LogP contribution is -2.69. The zero-order chi connectivity index (χ0) is 26.7. The standard InChI is InChI=1S/C31H38O6/c1-6-18-31(37-26(5)32)29(35-22-33-20-27-13-9-7-10-14-27)25(4)17-19-30(31,24(2)3)36-23-34-21-28-15-11-8-12-16-28/h7-16,25,29H,2,17,19-23H2,1,3-5H3/t25?,29?,30-,31?/m0/s1. The average Bonchev–Trinajstić information content (AvgIpc) is 2.88. The number of hydrogen-bond donors (Lipinski definition) is 0. The first kappa shape index (κ1) is 28.6. The Morgan fingerprint density at radius 3 is 2.05 bits per heavy atom. The van der Waals surface area contributed by atoms with Gasteiger partial charge in [0.2, 0.25) is 5.60 Å². The molecule has 0 spiro atoms. The summed E-state index contributed by atoms with van der Waals surface area (Å²) in [6.45, 7) is 12.0. The molecule has 0 N–H and O–H groups in total. The second kappa shape index (κ2) is 13.6. The summed E-state index contributed by atoms with van der Waals surface area (Å²) in [5.74, 6) is 5.69. The maximum atomic E-state index is 12.5. The van der Waals surface area contributed by atoms with E-state index in [1.165, 1.54) is 6.92 Å². The van der Waals surface area contributed by atoms with Crippen molar-refractivity contribution in [2.24, 2.45) is 5.92 Å². The van der Waals surface area contributed by atoms with Gasteiger partial charge >= 0.3 is 5.97 Å². The van der Waals surface area contributed by atoms with Crippen molar-refractivity contribution in [3.63, 3.8) is 0 Å². The van der Waals surface area contributed by atoms with E-state index in [1.54, 1.807) is 6.92 Å². The molecule has 3 rings (SSSR count). The van der Waals surface area contributed by atoms with Crippen molar-refractivity contribution in [2.45, 2.75) is 71.1 Å². The largest absolute Gasteiger partial charge is 0.440 e.